The topological polar surface area (TPSA) is 114 Å². The van der Waals surface area contributed by atoms with E-state index in [4.69, 9.17) is 9.47 Å². The fourth-order valence-corrected chi connectivity index (χ4v) is 4.80. The molecule has 176 valence electrons. The lowest BCUT2D eigenvalue weighted by atomic mass is 9.95. The van der Waals surface area contributed by atoms with Crippen molar-refractivity contribution in [3.8, 4) is 0 Å². The number of benzene rings is 1. The zero-order valence-corrected chi connectivity index (χ0v) is 18.7. The predicted molar refractivity (Wildman–Crippen MR) is 118 cm³/mol. The van der Waals surface area contributed by atoms with E-state index in [2.05, 4.69) is 10.6 Å². The normalized spacial score (nSPS) is 23.4. The highest BCUT2D eigenvalue weighted by atomic mass is 16.5. The molecule has 0 unspecified atom stereocenters. The molecule has 0 radical (unpaired) electrons. The Kier molecular flexibility index (Phi) is 6.96. The number of nitrogens with zero attached hydrogens (tertiary/aromatic N) is 1. The lowest BCUT2D eigenvalue weighted by Gasteiger charge is -2.29. The van der Waals surface area contributed by atoms with E-state index in [-0.39, 0.29) is 42.9 Å². The van der Waals surface area contributed by atoms with Gasteiger partial charge in [-0.15, -0.1) is 0 Å². The number of hydrogen-bond donors (Lipinski definition) is 2. The van der Waals surface area contributed by atoms with Crippen molar-refractivity contribution in [3.05, 3.63) is 47.2 Å². The summed E-state index contributed by atoms with van der Waals surface area (Å²) in [5, 5.41) is 5.33. The van der Waals surface area contributed by atoms with Gasteiger partial charge in [0.1, 0.15) is 6.61 Å². The summed E-state index contributed by atoms with van der Waals surface area (Å²) in [6, 6.07) is 7.99. The van der Waals surface area contributed by atoms with Crippen LogP contribution in [0.1, 0.15) is 50.6 Å². The number of carbonyl (C=O) groups excluding carboxylic acids is 4. The molecule has 2 atom stereocenters. The highest BCUT2D eigenvalue weighted by Crippen LogP contribution is 2.31. The fraction of sp³-hybridized carbons (Fsp3) is 0.500. The van der Waals surface area contributed by atoms with Gasteiger partial charge in [-0.2, -0.15) is 0 Å². The molecule has 1 saturated carbocycles. The summed E-state index contributed by atoms with van der Waals surface area (Å²) in [5.74, 6) is -1.68. The number of rotatable bonds is 7. The van der Waals surface area contributed by atoms with Crippen LogP contribution in [0, 0.1) is 5.92 Å². The molecule has 33 heavy (non-hydrogen) atoms. The van der Waals surface area contributed by atoms with E-state index in [0.717, 1.165) is 25.7 Å². The summed E-state index contributed by atoms with van der Waals surface area (Å²) >= 11 is 0. The SMILES string of the molecule is CCOC(=O)C1=C(COC(=O)[C@H]2CC(=O)N(C3CCCC3)C2)NC(=O)N[C@H]1c1ccccc1. The first kappa shape index (κ1) is 22.8. The van der Waals surface area contributed by atoms with Crippen molar-refractivity contribution in [2.75, 3.05) is 19.8 Å². The molecule has 1 aromatic carbocycles. The average molecular weight is 456 g/mol. The molecule has 0 aromatic heterocycles. The lowest BCUT2D eigenvalue weighted by molar-refractivity contribution is -0.148. The standard InChI is InChI=1S/C24H29N3O6/c1-2-32-23(30)20-18(25-24(31)26-21(20)15-8-4-3-5-9-15)14-33-22(29)16-12-19(28)27(13-16)17-10-6-7-11-17/h3-5,8-9,16-17,21H,2,6-7,10-14H2,1H3,(H2,25,26,31)/t16-,21-/m0/s1. The maximum atomic E-state index is 12.8. The van der Waals surface area contributed by atoms with E-state index in [0.29, 0.717) is 12.1 Å². The maximum Gasteiger partial charge on any atom is 0.338 e. The third-order valence-electron chi connectivity index (χ3n) is 6.40. The molecule has 1 aromatic rings. The van der Waals surface area contributed by atoms with Crippen LogP contribution < -0.4 is 10.6 Å². The van der Waals surface area contributed by atoms with Gasteiger partial charge in [0, 0.05) is 19.0 Å². The van der Waals surface area contributed by atoms with Crippen LogP contribution in [0.4, 0.5) is 4.79 Å². The molecule has 9 heteroatoms. The van der Waals surface area contributed by atoms with Crippen molar-refractivity contribution in [1.82, 2.24) is 15.5 Å². The summed E-state index contributed by atoms with van der Waals surface area (Å²) in [4.78, 5) is 52.1. The lowest BCUT2D eigenvalue weighted by Crippen LogP contribution is -2.47. The number of urea groups is 1. The zero-order chi connectivity index (χ0) is 23.4. The highest BCUT2D eigenvalue weighted by Gasteiger charge is 2.40. The molecule has 2 N–H and O–H groups in total. The summed E-state index contributed by atoms with van der Waals surface area (Å²) in [6.07, 6.45) is 4.28. The van der Waals surface area contributed by atoms with Crippen LogP contribution in [0.3, 0.4) is 0 Å². The number of ether oxygens (including phenoxy) is 2. The predicted octanol–water partition coefficient (Wildman–Crippen LogP) is 2.19. The Hall–Kier alpha value is -3.36. The average Bonchev–Trinajstić information content (AvgIpc) is 3.47. The smallest absolute Gasteiger partial charge is 0.338 e. The Morgan fingerprint density at radius 1 is 1.09 bits per heavy atom. The number of likely N-dealkylation sites (tertiary alicyclic amines) is 1. The second-order valence-corrected chi connectivity index (χ2v) is 8.55. The number of esters is 2. The van der Waals surface area contributed by atoms with Crippen LogP contribution >= 0.6 is 0 Å². The monoisotopic (exact) mass is 455 g/mol. The van der Waals surface area contributed by atoms with Gasteiger partial charge in [0.15, 0.2) is 0 Å². The molecule has 3 amide bonds. The van der Waals surface area contributed by atoms with Gasteiger partial charge in [0.2, 0.25) is 5.91 Å². The summed E-state index contributed by atoms with van der Waals surface area (Å²) in [7, 11) is 0. The van der Waals surface area contributed by atoms with Crippen LogP contribution in [0.5, 0.6) is 0 Å². The molecule has 9 nitrogen and oxygen atoms in total. The van der Waals surface area contributed by atoms with Gasteiger partial charge >= 0.3 is 18.0 Å². The maximum absolute atomic E-state index is 12.8. The van der Waals surface area contributed by atoms with Crippen LogP contribution in [0.15, 0.2) is 41.6 Å². The van der Waals surface area contributed by atoms with Gasteiger partial charge in [-0.3, -0.25) is 9.59 Å². The van der Waals surface area contributed by atoms with Gasteiger partial charge in [-0.1, -0.05) is 43.2 Å². The quantitative estimate of drug-likeness (QED) is 0.610. The molecule has 1 saturated heterocycles. The first-order valence-corrected chi connectivity index (χ1v) is 11.5. The van der Waals surface area contributed by atoms with Crippen molar-refractivity contribution in [1.29, 1.82) is 0 Å². The van der Waals surface area contributed by atoms with E-state index < -0.39 is 29.9 Å². The molecular weight excluding hydrogens is 426 g/mol. The van der Waals surface area contributed by atoms with Crippen LogP contribution in [0.25, 0.3) is 0 Å². The molecular formula is C24H29N3O6. The molecule has 2 heterocycles. The summed E-state index contributed by atoms with van der Waals surface area (Å²) in [5.41, 5.74) is 1.06. The minimum absolute atomic E-state index is 0.0189. The Morgan fingerprint density at radius 2 is 1.82 bits per heavy atom. The van der Waals surface area contributed by atoms with Gasteiger partial charge in [-0.25, -0.2) is 9.59 Å². The van der Waals surface area contributed by atoms with Gasteiger partial charge in [-0.05, 0) is 25.3 Å². The molecule has 2 fully saturated rings. The third-order valence-corrected chi connectivity index (χ3v) is 6.40. The first-order valence-electron chi connectivity index (χ1n) is 11.5. The van der Waals surface area contributed by atoms with Crippen molar-refractivity contribution in [2.24, 2.45) is 5.92 Å². The molecule has 2 aliphatic heterocycles. The van der Waals surface area contributed by atoms with Crippen molar-refractivity contribution < 1.29 is 28.7 Å². The first-order chi connectivity index (χ1) is 16.0. The molecule has 0 spiro atoms. The third kappa shape index (κ3) is 5.02. The minimum Gasteiger partial charge on any atom is -0.463 e. The number of carbonyl (C=O) groups is 4. The minimum atomic E-state index is -0.737. The fourth-order valence-electron chi connectivity index (χ4n) is 4.80. The van der Waals surface area contributed by atoms with E-state index in [1.807, 2.05) is 6.07 Å². The molecule has 4 rings (SSSR count). The number of hydrogen-bond acceptors (Lipinski definition) is 6. The van der Waals surface area contributed by atoms with Gasteiger partial charge < -0.3 is 25.0 Å². The van der Waals surface area contributed by atoms with Crippen LogP contribution in [0.2, 0.25) is 0 Å². The van der Waals surface area contributed by atoms with Gasteiger partial charge in [0.05, 0.1) is 29.8 Å². The van der Waals surface area contributed by atoms with Gasteiger partial charge in [0.25, 0.3) is 0 Å². The summed E-state index contributed by atoms with van der Waals surface area (Å²) < 4.78 is 10.7. The van der Waals surface area contributed by atoms with E-state index in [1.54, 1.807) is 36.1 Å². The van der Waals surface area contributed by atoms with Crippen LogP contribution in [-0.2, 0) is 23.9 Å². The highest BCUT2D eigenvalue weighted by molar-refractivity contribution is 5.95. The Balaban J connectivity index is 1.50. The van der Waals surface area contributed by atoms with Crippen molar-refractivity contribution in [3.63, 3.8) is 0 Å². The zero-order valence-electron chi connectivity index (χ0n) is 18.7. The van der Waals surface area contributed by atoms with E-state index >= 15 is 0 Å². The molecule has 3 aliphatic rings. The largest absolute Gasteiger partial charge is 0.463 e. The second kappa shape index (κ2) is 10.1. The molecule has 0 bridgehead atoms. The Morgan fingerprint density at radius 3 is 2.52 bits per heavy atom. The Labute approximate surface area is 192 Å². The van der Waals surface area contributed by atoms with Crippen molar-refractivity contribution >= 4 is 23.9 Å². The summed E-state index contributed by atoms with van der Waals surface area (Å²) in [6.45, 7) is 1.91. The molecule has 1 aliphatic carbocycles. The van der Waals surface area contributed by atoms with E-state index in [1.165, 1.54) is 0 Å². The van der Waals surface area contributed by atoms with Crippen LogP contribution in [-0.4, -0.2) is 54.6 Å². The Bertz CT molecular complexity index is 954. The number of nitrogens with one attached hydrogen (secondary N) is 2. The van der Waals surface area contributed by atoms with E-state index in [9.17, 15) is 19.2 Å². The number of amides is 3. The second-order valence-electron chi connectivity index (χ2n) is 8.55. The van der Waals surface area contributed by atoms with Crippen molar-refractivity contribution in [2.45, 2.75) is 51.1 Å².